The third-order valence-corrected chi connectivity index (χ3v) is 1.52. The lowest BCUT2D eigenvalue weighted by Crippen LogP contribution is -2.28. The molecule has 0 saturated heterocycles. The summed E-state index contributed by atoms with van der Waals surface area (Å²) in [6.07, 6.45) is 0. The first-order valence-corrected chi connectivity index (χ1v) is 4.56. The molecular weight excluding hydrogens is 160 g/mol. The van der Waals surface area contributed by atoms with Crippen molar-refractivity contribution < 1.29 is 0 Å². The Labute approximate surface area is 80.9 Å². The van der Waals surface area contributed by atoms with Gasteiger partial charge in [0.1, 0.15) is 0 Å². The van der Waals surface area contributed by atoms with E-state index < -0.39 is 0 Å². The van der Waals surface area contributed by atoms with Crippen molar-refractivity contribution in [3.05, 3.63) is 35.9 Å². The minimum Gasteiger partial charge on any atom is -0.331 e. The molecule has 0 spiro atoms. The normalized spacial score (nSPS) is 10.2. The van der Waals surface area contributed by atoms with E-state index in [0.29, 0.717) is 0 Å². The Balaban J connectivity index is 0.000000424. The van der Waals surface area contributed by atoms with Crippen LogP contribution >= 0.6 is 0 Å². The van der Waals surface area contributed by atoms with Crippen LogP contribution in [0.15, 0.2) is 30.3 Å². The number of benzene rings is 1. The molecule has 0 aliphatic rings. The smallest absolute Gasteiger partial charge is 0.0352 e. The van der Waals surface area contributed by atoms with Crippen LogP contribution in [0.4, 0.5) is 0 Å². The first-order valence-electron chi connectivity index (χ1n) is 4.56. The van der Waals surface area contributed by atoms with E-state index in [4.69, 9.17) is 11.5 Å². The quantitative estimate of drug-likeness (QED) is 0.693. The molecule has 74 valence electrons. The second kappa shape index (κ2) is 5.73. The predicted molar refractivity (Wildman–Crippen MR) is 58.4 cm³/mol. The van der Waals surface area contributed by atoms with Crippen molar-refractivity contribution in [3.8, 4) is 0 Å². The van der Waals surface area contributed by atoms with Crippen molar-refractivity contribution in [2.75, 3.05) is 6.54 Å². The third kappa shape index (κ3) is 5.39. The molecule has 0 aliphatic carbocycles. The average Bonchev–Trinajstić information content (AvgIpc) is 2.06. The van der Waals surface area contributed by atoms with Crippen LogP contribution in [-0.4, -0.2) is 6.54 Å². The van der Waals surface area contributed by atoms with E-state index in [2.05, 4.69) is 0 Å². The number of rotatable bonds is 1. The predicted octanol–water partition coefficient (Wildman–Crippen LogP) is 1.85. The van der Waals surface area contributed by atoms with Crippen LogP contribution in [0.2, 0.25) is 0 Å². The molecule has 0 aliphatic heterocycles. The van der Waals surface area contributed by atoms with Crippen LogP contribution in [0.5, 0.6) is 0 Å². The molecule has 0 radical (unpaired) electrons. The van der Waals surface area contributed by atoms with Crippen LogP contribution in [0, 0.1) is 0 Å². The van der Waals surface area contributed by atoms with E-state index in [-0.39, 0.29) is 5.54 Å². The summed E-state index contributed by atoms with van der Waals surface area (Å²) in [5.74, 6) is 0. The van der Waals surface area contributed by atoms with Gasteiger partial charge in [0.25, 0.3) is 0 Å². The zero-order chi connectivity index (χ0) is 10.3. The summed E-state index contributed by atoms with van der Waals surface area (Å²) in [5.41, 5.74) is 11.7. The van der Waals surface area contributed by atoms with Crippen LogP contribution in [0.25, 0.3) is 0 Å². The molecule has 0 bridgehead atoms. The fourth-order valence-electron chi connectivity index (χ4n) is 0.868. The Morgan fingerprint density at radius 3 is 1.77 bits per heavy atom. The van der Waals surface area contributed by atoms with Gasteiger partial charge >= 0.3 is 0 Å². The molecule has 0 unspecified atom stereocenters. The molecule has 1 aromatic carbocycles. The summed E-state index contributed by atoms with van der Waals surface area (Å²) in [5, 5.41) is 0. The minimum absolute atomic E-state index is 0.207. The zero-order valence-corrected chi connectivity index (χ0v) is 8.75. The SMILES string of the molecule is CC(C)(N)c1ccccc1.CCN. The summed E-state index contributed by atoms with van der Waals surface area (Å²) in [4.78, 5) is 0. The lowest BCUT2D eigenvalue weighted by molar-refractivity contribution is 0.554. The summed E-state index contributed by atoms with van der Waals surface area (Å²) >= 11 is 0. The van der Waals surface area contributed by atoms with Crippen LogP contribution in [0.1, 0.15) is 26.3 Å². The summed E-state index contributed by atoms with van der Waals surface area (Å²) in [6, 6.07) is 10.1. The van der Waals surface area contributed by atoms with Crippen LogP contribution < -0.4 is 11.5 Å². The van der Waals surface area contributed by atoms with Gasteiger partial charge in [0.05, 0.1) is 0 Å². The van der Waals surface area contributed by atoms with Gasteiger partial charge in [0.2, 0.25) is 0 Å². The first kappa shape index (κ1) is 12.1. The first-order chi connectivity index (χ1) is 6.02. The number of hydrogen-bond acceptors (Lipinski definition) is 2. The topological polar surface area (TPSA) is 52.0 Å². The molecule has 13 heavy (non-hydrogen) atoms. The molecule has 0 amide bonds. The van der Waals surface area contributed by atoms with Crippen molar-refractivity contribution >= 4 is 0 Å². The fraction of sp³-hybridized carbons (Fsp3) is 0.455. The van der Waals surface area contributed by atoms with Gasteiger partial charge in [-0.15, -0.1) is 0 Å². The van der Waals surface area contributed by atoms with E-state index in [1.54, 1.807) is 0 Å². The summed E-state index contributed by atoms with van der Waals surface area (Å²) in [6.45, 7) is 6.66. The Kier molecular flexibility index (Phi) is 5.35. The molecule has 0 aromatic heterocycles. The van der Waals surface area contributed by atoms with Crippen molar-refractivity contribution in [3.63, 3.8) is 0 Å². The molecule has 2 nitrogen and oxygen atoms in total. The largest absolute Gasteiger partial charge is 0.331 e. The Hall–Kier alpha value is -0.860. The highest BCUT2D eigenvalue weighted by atomic mass is 14.7. The Morgan fingerprint density at radius 1 is 1.15 bits per heavy atom. The summed E-state index contributed by atoms with van der Waals surface area (Å²) < 4.78 is 0. The molecule has 1 rings (SSSR count). The highest BCUT2D eigenvalue weighted by Gasteiger charge is 2.11. The molecule has 0 fully saturated rings. The van der Waals surface area contributed by atoms with Crippen LogP contribution in [-0.2, 0) is 5.54 Å². The van der Waals surface area contributed by atoms with Gasteiger partial charge in [-0.25, -0.2) is 0 Å². The van der Waals surface area contributed by atoms with Gasteiger partial charge in [-0.05, 0) is 26.0 Å². The lowest BCUT2D eigenvalue weighted by Gasteiger charge is -2.18. The van der Waals surface area contributed by atoms with Crippen molar-refractivity contribution in [2.45, 2.75) is 26.3 Å². The number of hydrogen-bond donors (Lipinski definition) is 2. The van der Waals surface area contributed by atoms with E-state index in [0.717, 1.165) is 6.54 Å². The average molecular weight is 180 g/mol. The molecular formula is C11H20N2. The Morgan fingerprint density at radius 2 is 1.54 bits per heavy atom. The third-order valence-electron chi connectivity index (χ3n) is 1.52. The van der Waals surface area contributed by atoms with Gasteiger partial charge in [0, 0.05) is 5.54 Å². The van der Waals surface area contributed by atoms with Crippen LogP contribution in [0.3, 0.4) is 0 Å². The van der Waals surface area contributed by atoms with Gasteiger partial charge in [-0.2, -0.15) is 0 Å². The molecule has 0 heterocycles. The molecule has 4 N–H and O–H groups in total. The molecule has 2 heteroatoms. The Bertz CT molecular complexity index is 211. The van der Waals surface area contributed by atoms with Crippen molar-refractivity contribution in [2.24, 2.45) is 11.5 Å². The summed E-state index contributed by atoms with van der Waals surface area (Å²) in [7, 11) is 0. The molecule has 1 aromatic rings. The van der Waals surface area contributed by atoms with Crippen molar-refractivity contribution in [1.82, 2.24) is 0 Å². The van der Waals surface area contributed by atoms with E-state index >= 15 is 0 Å². The second-order valence-corrected chi connectivity index (χ2v) is 3.50. The van der Waals surface area contributed by atoms with Gasteiger partial charge in [-0.3, -0.25) is 0 Å². The van der Waals surface area contributed by atoms with Gasteiger partial charge in [0.15, 0.2) is 0 Å². The minimum atomic E-state index is -0.207. The van der Waals surface area contributed by atoms with Gasteiger partial charge < -0.3 is 11.5 Å². The lowest BCUT2D eigenvalue weighted by atomic mass is 9.96. The van der Waals surface area contributed by atoms with E-state index in [9.17, 15) is 0 Å². The monoisotopic (exact) mass is 180 g/mol. The van der Waals surface area contributed by atoms with E-state index in [1.165, 1.54) is 5.56 Å². The highest BCUT2D eigenvalue weighted by molar-refractivity contribution is 5.21. The maximum atomic E-state index is 5.86. The fourth-order valence-corrected chi connectivity index (χ4v) is 0.868. The molecule has 0 saturated carbocycles. The zero-order valence-electron chi connectivity index (χ0n) is 8.75. The van der Waals surface area contributed by atoms with E-state index in [1.807, 2.05) is 51.1 Å². The molecule has 0 atom stereocenters. The highest BCUT2D eigenvalue weighted by Crippen LogP contribution is 2.14. The standard InChI is InChI=1S/C9H13N.C2H7N/c1-9(2,10)8-6-4-3-5-7-8;1-2-3/h3-7H,10H2,1-2H3;2-3H2,1H3. The maximum absolute atomic E-state index is 5.86. The van der Waals surface area contributed by atoms with Gasteiger partial charge in [-0.1, -0.05) is 37.3 Å². The number of nitrogens with two attached hydrogens (primary N) is 2. The second-order valence-electron chi connectivity index (χ2n) is 3.50. The van der Waals surface area contributed by atoms with Crippen molar-refractivity contribution in [1.29, 1.82) is 0 Å². The maximum Gasteiger partial charge on any atom is 0.0352 e.